The summed E-state index contributed by atoms with van der Waals surface area (Å²) in [6.07, 6.45) is 3.23. The van der Waals surface area contributed by atoms with E-state index in [4.69, 9.17) is 14.2 Å². The molecule has 0 aromatic heterocycles. The van der Waals surface area contributed by atoms with Gasteiger partial charge in [-0.1, -0.05) is 18.2 Å². The van der Waals surface area contributed by atoms with E-state index < -0.39 is 0 Å². The van der Waals surface area contributed by atoms with Crippen LogP contribution in [0.5, 0.6) is 17.2 Å². The van der Waals surface area contributed by atoms with Crippen molar-refractivity contribution in [3.63, 3.8) is 0 Å². The van der Waals surface area contributed by atoms with Gasteiger partial charge in [-0.3, -0.25) is 4.79 Å². The fraction of sp³-hybridized carbons (Fsp3) is 0.250. The highest BCUT2D eigenvalue weighted by Crippen LogP contribution is 2.28. The van der Waals surface area contributed by atoms with Crippen LogP contribution in [0, 0.1) is 0 Å². The molecule has 5 nitrogen and oxygen atoms in total. The van der Waals surface area contributed by atoms with Gasteiger partial charge in [-0.15, -0.1) is 0 Å². The summed E-state index contributed by atoms with van der Waals surface area (Å²) in [5, 5.41) is 2.84. The lowest BCUT2D eigenvalue weighted by Gasteiger charge is -2.09. The van der Waals surface area contributed by atoms with Gasteiger partial charge in [-0.05, 0) is 48.4 Å². The first-order valence-corrected chi connectivity index (χ1v) is 8.06. The van der Waals surface area contributed by atoms with Gasteiger partial charge < -0.3 is 19.5 Å². The first kappa shape index (κ1) is 18.4. The van der Waals surface area contributed by atoms with Crippen molar-refractivity contribution in [1.29, 1.82) is 0 Å². The average molecular weight is 341 g/mol. The van der Waals surface area contributed by atoms with E-state index in [1.807, 2.05) is 49.4 Å². The summed E-state index contributed by atoms with van der Waals surface area (Å²) >= 11 is 0. The number of carbonyl (C=O) groups excluding carboxylic acids is 1. The summed E-state index contributed by atoms with van der Waals surface area (Å²) in [6, 6.07) is 13.1. The summed E-state index contributed by atoms with van der Waals surface area (Å²) in [7, 11) is 3.21. The summed E-state index contributed by atoms with van der Waals surface area (Å²) in [6.45, 7) is 2.92. The zero-order valence-corrected chi connectivity index (χ0v) is 14.7. The lowest BCUT2D eigenvalue weighted by atomic mass is 10.2. The van der Waals surface area contributed by atoms with E-state index in [2.05, 4.69) is 5.32 Å². The zero-order chi connectivity index (χ0) is 18.1. The van der Waals surface area contributed by atoms with E-state index in [1.54, 1.807) is 20.3 Å². The van der Waals surface area contributed by atoms with Crippen molar-refractivity contribution in [3.05, 3.63) is 59.7 Å². The molecular formula is C20H23NO4. The Balaban J connectivity index is 1.95. The lowest BCUT2D eigenvalue weighted by molar-refractivity contribution is -0.116. The molecular weight excluding hydrogens is 318 g/mol. The molecule has 25 heavy (non-hydrogen) atoms. The summed E-state index contributed by atoms with van der Waals surface area (Å²) in [4.78, 5) is 12.0. The molecule has 132 valence electrons. The number of carbonyl (C=O) groups is 1. The molecule has 0 aliphatic rings. The van der Waals surface area contributed by atoms with E-state index in [0.717, 1.165) is 16.9 Å². The Kier molecular flexibility index (Phi) is 6.89. The molecule has 2 aromatic carbocycles. The van der Waals surface area contributed by atoms with E-state index in [9.17, 15) is 4.79 Å². The third-order valence-corrected chi connectivity index (χ3v) is 3.52. The number of hydrogen-bond donors (Lipinski definition) is 1. The van der Waals surface area contributed by atoms with E-state index in [0.29, 0.717) is 24.7 Å². The molecule has 1 amide bonds. The van der Waals surface area contributed by atoms with Crippen molar-refractivity contribution in [2.24, 2.45) is 0 Å². The number of hydrogen-bond acceptors (Lipinski definition) is 4. The Labute approximate surface area is 148 Å². The standard InChI is InChI=1S/C20H23NO4/c1-4-25-18-10-8-15(13-19(18)24-3)9-11-20(22)21-14-16-6-5-7-17(12-16)23-2/h5-13H,4,14H2,1-3H3,(H,21,22)/b11-9+. The van der Waals surface area contributed by atoms with Crippen molar-refractivity contribution in [2.75, 3.05) is 20.8 Å². The Morgan fingerprint density at radius 3 is 2.64 bits per heavy atom. The number of nitrogens with one attached hydrogen (secondary N) is 1. The molecule has 0 bridgehead atoms. The largest absolute Gasteiger partial charge is 0.497 e. The van der Waals surface area contributed by atoms with Crippen LogP contribution in [0.3, 0.4) is 0 Å². The van der Waals surface area contributed by atoms with Crippen LogP contribution in [0.4, 0.5) is 0 Å². The molecule has 0 radical (unpaired) electrons. The van der Waals surface area contributed by atoms with Crippen LogP contribution >= 0.6 is 0 Å². The first-order chi connectivity index (χ1) is 12.2. The molecule has 0 saturated heterocycles. The molecule has 0 saturated carbocycles. The molecule has 0 aliphatic carbocycles. The molecule has 0 aliphatic heterocycles. The van der Waals surface area contributed by atoms with Crippen LogP contribution in [0.15, 0.2) is 48.5 Å². The monoisotopic (exact) mass is 341 g/mol. The van der Waals surface area contributed by atoms with Crippen molar-refractivity contribution in [1.82, 2.24) is 5.32 Å². The van der Waals surface area contributed by atoms with Crippen LogP contribution < -0.4 is 19.5 Å². The van der Waals surface area contributed by atoms with Crippen LogP contribution in [-0.4, -0.2) is 26.7 Å². The second kappa shape index (κ2) is 9.37. The molecule has 0 atom stereocenters. The van der Waals surface area contributed by atoms with Crippen LogP contribution in [-0.2, 0) is 11.3 Å². The van der Waals surface area contributed by atoms with Gasteiger partial charge in [-0.2, -0.15) is 0 Å². The topological polar surface area (TPSA) is 56.8 Å². The summed E-state index contributed by atoms with van der Waals surface area (Å²) in [5.41, 5.74) is 1.83. The molecule has 0 fully saturated rings. The van der Waals surface area contributed by atoms with Crippen molar-refractivity contribution >= 4 is 12.0 Å². The predicted octanol–water partition coefficient (Wildman–Crippen LogP) is 3.43. The Morgan fingerprint density at radius 2 is 1.92 bits per heavy atom. The summed E-state index contributed by atoms with van der Waals surface area (Å²) in [5.74, 6) is 1.92. The third kappa shape index (κ3) is 5.57. The average Bonchev–Trinajstić information content (AvgIpc) is 2.65. The highest BCUT2D eigenvalue weighted by molar-refractivity contribution is 5.91. The molecule has 1 N–H and O–H groups in total. The SMILES string of the molecule is CCOc1ccc(/C=C/C(=O)NCc2cccc(OC)c2)cc1OC. The number of benzene rings is 2. The summed E-state index contributed by atoms with van der Waals surface area (Å²) < 4.78 is 15.9. The minimum atomic E-state index is -0.171. The van der Waals surface area contributed by atoms with Crippen LogP contribution in [0.25, 0.3) is 6.08 Å². The number of rotatable bonds is 8. The molecule has 5 heteroatoms. The Hall–Kier alpha value is -2.95. The number of amides is 1. The van der Waals surface area contributed by atoms with Gasteiger partial charge in [-0.25, -0.2) is 0 Å². The molecule has 0 spiro atoms. The number of ether oxygens (including phenoxy) is 3. The van der Waals surface area contributed by atoms with E-state index in [1.165, 1.54) is 6.08 Å². The van der Waals surface area contributed by atoms with Gasteiger partial charge in [0.15, 0.2) is 11.5 Å². The quantitative estimate of drug-likeness (QED) is 0.748. The van der Waals surface area contributed by atoms with Crippen LogP contribution in [0.1, 0.15) is 18.1 Å². The first-order valence-electron chi connectivity index (χ1n) is 8.06. The van der Waals surface area contributed by atoms with Crippen molar-refractivity contribution in [2.45, 2.75) is 13.5 Å². The fourth-order valence-electron chi connectivity index (χ4n) is 2.27. The number of methoxy groups -OCH3 is 2. The van der Waals surface area contributed by atoms with Gasteiger partial charge in [0.1, 0.15) is 5.75 Å². The molecule has 2 aromatic rings. The third-order valence-electron chi connectivity index (χ3n) is 3.52. The molecule has 2 rings (SSSR count). The zero-order valence-electron chi connectivity index (χ0n) is 14.7. The molecule has 0 unspecified atom stereocenters. The maximum Gasteiger partial charge on any atom is 0.244 e. The smallest absolute Gasteiger partial charge is 0.244 e. The van der Waals surface area contributed by atoms with E-state index >= 15 is 0 Å². The predicted molar refractivity (Wildman–Crippen MR) is 98.0 cm³/mol. The van der Waals surface area contributed by atoms with Crippen molar-refractivity contribution in [3.8, 4) is 17.2 Å². The molecule has 0 heterocycles. The van der Waals surface area contributed by atoms with Gasteiger partial charge in [0.2, 0.25) is 5.91 Å². The maximum absolute atomic E-state index is 12.0. The minimum Gasteiger partial charge on any atom is -0.497 e. The second-order valence-corrected chi connectivity index (χ2v) is 5.25. The van der Waals surface area contributed by atoms with Crippen LogP contribution in [0.2, 0.25) is 0 Å². The van der Waals surface area contributed by atoms with Gasteiger partial charge >= 0.3 is 0 Å². The Bertz CT molecular complexity index is 740. The van der Waals surface area contributed by atoms with E-state index in [-0.39, 0.29) is 5.91 Å². The Morgan fingerprint density at radius 1 is 1.08 bits per heavy atom. The highest BCUT2D eigenvalue weighted by atomic mass is 16.5. The normalized spacial score (nSPS) is 10.5. The lowest BCUT2D eigenvalue weighted by Crippen LogP contribution is -2.20. The van der Waals surface area contributed by atoms with Gasteiger partial charge in [0.05, 0.1) is 20.8 Å². The fourth-order valence-corrected chi connectivity index (χ4v) is 2.27. The maximum atomic E-state index is 12.0. The van der Waals surface area contributed by atoms with Gasteiger partial charge in [0.25, 0.3) is 0 Å². The second-order valence-electron chi connectivity index (χ2n) is 5.25. The minimum absolute atomic E-state index is 0.171. The van der Waals surface area contributed by atoms with Gasteiger partial charge in [0, 0.05) is 12.6 Å². The van der Waals surface area contributed by atoms with Crippen molar-refractivity contribution < 1.29 is 19.0 Å². The highest BCUT2D eigenvalue weighted by Gasteiger charge is 2.04.